The Morgan fingerprint density at radius 2 is 1.83 bits per heavy atom. The van der Waals surface area contributed by atoms with E-state index in [0.717, 1.165) is 31.5 Å². The van der Waals surface area contributed by atoms with Crippen molar-refractivity contribution in [3.05, 3.63) is 35.9 Å². The Hall–Kier alpha value is -1.88. The summed E-state index contributed by atoms with van der Waals surface area (Å²) in [5, 5.41) is 2.93. The van der Waals surface area contributed by atoms with Gasteiger partial charge in [0, 0.05) is 13.1 Å². The molecular weight excluding hydrogens is 302 g/mol. The second-order valence-corrected chi connectivity index (χ2v) is 6.96. The second kappa shape index (κ2) is 8.83. The molecule has 1 aromatic rings. The van der Waals surface area contributed by atoms with Gasteiger partial charge < -0.3 is 16.0 Å². The number of nitrogens with zero attached hydrogens (tertiary/aromatic N) is 1. The molecule has 24 heavy (non-hydrogen) atoms. The molecule has 1 aliphatic rings. The van der Waals surface area contributed by atoms with Crippen LogP contribution in [0.5, 0.6) is 0 Å². The molecule has 1 saturated heterocycles. The molecule has 2 amide bonds. The molecule has 0 saturated carbocycles. The van der Waals surface area contributed by atoms with Gasteiger partial charge in [0.25, 0.3) is 0 Å². The third kappa shape index (κ3) is 5.06. The van der Waals surface area contributed by atoms with Gasteiger partial charge in [0.1, 0.15) is 6.04 Å². The van der Waals surface area contributed by atoms with Crippen LogP contribution >= 0.6 is 0 Å². The van der Waals surface area contributed by atoms with E-state index in [1.54, 1.807) is 0 Å². The van der Waals surface area contributed by atoms with Crippen LogP contribution in [-0.2, 0) is 16.0 Å². The summed E-state index contributed by atoms with van der Waals surface area (Å²) in [4.78, 5) is 27.0. The molecule has 3 N–H and O–H groups in total. The third-order valence-electron chi connectivity index (χ3n) is 4.72. The Balaban J connectivity index is 1.93. The smallest absolute Gasteiger partial charge is 0.245 e. The van der Waals surface area contributed by atoms with E-state index in [1.165, 1.54) is 0 Å². The average Bonchev–Trinajstić information content (AvgIpc) is 2.60. The van der Waals surface area contributed by atoms with Crippen LogP contribution in [0.4, 0.5) is 0 Å². The fourth-order valence-electron chi connectivity index (χ4n) is 3.11. The van der Waals surface area contributed by atoms with Gasteiger partial charge in [0.15, 0.2) is 0 Å². The number of nitrogens with one attached hydrogen (secondary N) is 1. The van der Waals surface area contributed by atoms with Gasteiger partial charge in [-0.05, 0) is 36.8 Å². The van der Waals surface area contributed by atoms with Crippen LogP contribution in [0.1, 0.15) is 32.3 Å². The maximum Gasteiger partial charge on any atom is 0.245 e. The fourth-order valence-corrected chi connectivity index (χ4v) is 3.11. The van der Waals surface area contributed by atoms with E-state index >= 15 is 0 Å². The molecule has 1 aliphatic heterocycles. The van der Waals surface area contributed by atoms with E-state index in [-0.39, 0.29) is 17.7 Å². The number of rotatable bonds is 6. The monoisotopic (exact) mass is 331 g/mol. The van der Waals surface area contributed by atoms with Crippen molar-refractivity contribution in [1.82, 2.24) is 10.2 Å². The van der Waals surface area contributed by atoms with Gasteiger partial charge in [0.2, 0.25) is 11.8 Å². The van der Waals surface area contributed by atoms with Crippen molar-refractivity contribution in [2.24, 2.45) is 17.6 Å². The lowest BCUT2D eigenvalue weighted by atomic mass is 9.95. The number of hydrogen-bond donors (Lipinski definition) is 2. The predicted molar refractivity (Wildman–Crippen MR) is 95.3 cm³/mol. The first-order chi connectivity index (χ1) is 11.5. The summed E-state index contributed by atoms with van der Waals surface area (Å²) in [6, 6.07) is 9.13. The van der Waals surface area contributed by atoms with E-state index in [1.807, 2.05) is 49.1 Å². The maximum atomic E-state index is 12.8. The van der Waals surface area contributed by atoms with Crippen molar-refractivity contribution in [2.45, 2.75) is 39.2 Å². The number of piperidine rings is 1. The Labute approximate surface area is 144 Å². The molecule has 1 heterocycles. The quantitative estimate of drug-likeness (QED) is 0.831. The van der Waals surface area contributed by atoms with Gasteiger partial charge in [-0.15, -0.1) is 0 Å². The Bertz CT molecular complexity index is 537. The molecule has 2 rings (SSSR count). The highest BCUT2D eigenvalue weighted by molar-refractivity contribution is 5.88. The second-order valence-electron chi connectivity index (χ2n) is 6.96. The van der Waals surface area contributed by atoms with Crippen molar-refractivity contribution >= 4 is 11.8 Å². The lowest BCUT2D eigenvalue weighted by molar-refractivity contribution is -0.138. The minimum atomic E-state index is -0.462. The molecule has 5 nitrogen and oxygen atoms in total. The number of carbonyl (C=O) groups is 2. The summed E-state index contributed by atoms with van der Waals surface area (Å²) in [5.74, 6) is 0.496. The summed E-state index contributed by atoms with van der Waals surface area (Å²) in [5.41, 5.74) is 6.66. The van der Waals surface area contributed by atoms with Gasteiger partial charge in [-0.1, -0.05) is 44.2 Å². The van der Waals surface area contributed by atoms with Gasteiger partial charge in [-0.3, -0.25) is 9.59 Å². The van der Waals surface area contributed by atoms with Gasteiger partial charge >= 0.3 is 0 Å². The lowest BCUT2D eigenvalue weighted by Gasteiger charge is -2.35. The van der Waals surface area contributed by atoms with E-state index < -0.39 is 6.04 Å². The maximum absolute atomic E-state index is 12.8. The number of amides is 2. The highest BCUT2D eigenvalue weighted by Gasteiger charge is 2.30. The summed E-state index contributed by atoms with van der Waals surface area (Å²) >= 11 is 0. The Morgan fingerprint density at radius 3 is 2.38 bits per heavy atom. The van der Waals surface area contributed by atoms with E-state index in [9.17, 15) is 9.59 Å². The average molecular weight is 331 g/mol. The largest absolute Gasteiger partial charge is 0.344 e. The van der Waals surface area contributed by atoms with Gasteiger partial charge in [0.05, 0.1) is 6.42 Å². The first-order valence-corrected chi connectivity index (χ1v) is 8.83. The summed E-state index contributed by atoms with van der Waals surface area (Å²) in [7, 11) is 0. The van der Waals surface area contributed by atoms with Crippen LogP contribution in [0.3, 0.4) is 0 Å². The Morgan fingerprint density at radius 1 is 1.21 bits per heavy atom. The molecular formula is C19H29N3O2. The zero-order chi connectivity index (χ0) is 17.5. The van der Waals surface area contributed by atoms with Crippen LogP contribution in [-0.4, -0.2) is 42.4 Å². The number of hydrogen-bond acceptors (Lipinski definition) is 3. The first-order valence-electron chi connectivity index (χ1n) is 8.83. The molecule has 0 radical (unpaired) electrons. The minimum Gasteiger partial charge on any atom is -0.344 e. The summed E-state index contributed by atoms with van der Waals surface area (Å²) in [6.45, 7) is 6.09. The molecule has 0 spiro atoms. The van der Waals surface area contributed by atoms with Gasteiger partial charge in [-0.25, -0.2) is 0 Å². The van der Waals surface area contributed by atoms with Crippen LogP contribution in [0, 0.1) is 11.8 Å². The minimum absolute atomic E-state index is 0.0295. The molecule has 0 bridgehead atoms. The molecule has 5 heteroatoms. The van der Waals surface area contributed by atoms with Crippen LogP contribution < -0.4 is 11.1 Å². The van der Waals surface area contributed by atoms with E-state index in [0.29, 0.717) is 18.9 Å². The van der Waals surface area contributed by atoms with Crippen molar-refractivity contribution in [3.63, 3.8) is 0 Å². The fraction of sp³-hybridized carbons (Fsp3) is 0.579. The Kier molecular flexibility index (Phi) is 6.79. The summed E-state index contributed by atoms with van der Waals surface area (Å²) in [6.07, 6.45) is 2.20. The van der Waals surface area contributed by atoms with Crippen molar-refractivity contribution in [1.29, 1.82) is 0 Å². The molecule has 0 aromatic heterocycles. The first kappa shape index (κ1) is 18.5. The highest BCUT2D eigenvalue weighted by atomic mass is 16.2. The number of nitrogens with two attached hydrogens (primary N) is 1. The van der Waals surface area contributed by atoms with Crippen molar-refractivity contribution in [3.8, 4) is 0 Å². The molecule has 1 aromatic carbocycles. The molecule has 132 valence electrons. The van der Waals surface area contributed by atoms with Crippen LogP contribution in [0.25, 0.3) is 0 Å². The number of likely N-dealkylation sites (tertiary alicyclic amines) is 1. The molecule has 1 fully saturated rings. The van der Waals surface area contributed by atoms with Crippen molar-refractivity contribution < 1.29 is 9.59 Å². The van der Waals surface area contributed by atoms with Crippen LogP contribution in [0.15, 0.2) is 30.3 Å². The summed E-state index contributed by atoms with van der Waals surface area (Å²) < 4.78 is 0. The zero-order valence-electron chi connectivity index (χ0n) is 14.7. The highest BCUT2D eigenvalue weighted by Crippen LogP contribution is 2.18. The standard InChI is InChI=1S/C19H29N3O2/c1-14(2)18(19(24)22-10-8-16(13-20)9-11-22)21-17(23)12-15-6-4-3-5-7-15/h3-7,14,16,18H,8-13,20H2,1-2H3,(H,21,23). The van der Waals surface area contributed by atoms with E-state index in [2.05, 4.69) is 5.32 Å². The molecule has 1 unspecified atom stereocenters. The number of benzene rings is 1. The normalized spacial score (nSPS) is 16.9. The molecule has 1 atom stereocenters. The van der Waals surface area contributed by atoms with Gasteiger partial charge in [-0.2, -0.15) is 0 Å². The van der Waals surface area contributed by atoms with E-state index in [4.69, 9.17) is 5.73 Å². The SMILES string of the molecule is CC(C)C(NC(=O)Cc1ccccc1)C(=O)N1CCC(CN)CC1. The lowest BCUT2D eigenvalue weighted by Crippen LogP contribution is -2.53. The predicted octanol–water partition coefficient (Wildman–Crippen LogP) is 1.57. The topological polar surface area (TPSA) is 75.4 Å². The van der Waals surface area contributed by atoms with Crippen LogP contribution in [0.2, 0.25) is 0 Å². The molecule has 0 aliphatic carbocycles. The number of carbonyl (C=O) groups excluding carboxylic acids is 2. The zero-order valence-corrected chi connectivity index (χ0v) is 14.7. The van der Waals surface area contributed by atoms with Crippen molar-refractivity contribution in [2.75, 3.05) is 19.6 Å². The third-order valence-corrected chi connectivity index (χ3v) is 4.72.